The van der Waals surface area contributed by atoms with E-state index in [9.17, 15) is 19.0 Å². The van der Waals surface area contributed by atoms with Gasteiger partial charge >= 0.3 is 19.8 Å². The molecule has 0 fully saturated rings. The first-order valence-corrected chi connectivity index (χ1v) is 8.02. The van der Waals surface area contributed by atoms with Gasteiger partial charge in [0, 0.05) is 0 Å². The maximum Gasteiger partial charge on any atom is 0.543 e. The highest BCUT2D eigenvalue weighted by Crippen LogP contribution is 2.22. The third-order valence-corrected chi connectivity index (χ3v) is 3.75. The fourth-order valence-electron chi connectivity index (χ4n) is 1.55. The van der Waals surface area contributed by atoms with Crippen molar-refractivity contribution in [3.63, 3.8) is 0 Å². The Morgan fingerprint density at radius 1 is 1.32 bits per heavy atom. The van der Waals surface area contributed by atoms with Crippen LogP contribution in [-0.2, 0) is 25.5 Å². The fraction of sp³-hybridized carbons (Fsp3) is 0.429. The number of ether oxygens (including phenoxy) is 1. The topological polar surface area (TPSA) is 119 Å². The summed E-state index contributed by atoms with van der Waals surface area (Å²) in [6.07, 6.45) is 0. The van der Waals surface area contributed by atoms with Crippen molar-refractivity contribution in [2.24, 2.45) is 11.7 Å². The van der Waals surface area contributed by atoms with Crippen LogP contribution in [-0.4, -0.2) is 28.6 Å². The molecule has 4 N–H and O–H groups in total. The number of esters is 1. The normalized spacial score (nSPS) is 14.1. The molecule has 0 aliphatic rings. The van der Waals surface area contributed by atoms with E-state index in [0.29, 0.717) is 0 Å². The van der Waals surface area contributed by atoms with Gasteiger partial charge < -0.3 is 10.5 Å². The summed E-state index contributed by atoms with van der Waals surface area (Å²) in [5.41, 5.74) is 6.36. The van der Waals surface area contributed by atoms with E-state index < -0.39 is 31.7 Å². The van der Waals surface area contributed by atoms with E-state index >= 15 is 0 Å². The number of nitrogens with two attached hydrogens (primary N) is 1. The predicted molar refractivity (Wildman–Crippen MR) is 80.8 cm³/mol. The van der Waals surface area contributed by atoms with Crippen molar-refractivity contribution in [3.8, 4) is 0 Å². The van der Waals surface area contributed by atoms with Crippen LogP contribution in [0.25, 0.3) is 0 Å². The average molecular weight is 327 g/mol. The van der Waals surface area contributed by atoms with Gasteiger partial charge in [0.15, 0.2) is 0 Å². The van der Waals surface area contributed by atoms with Crippen molar-refractivity contribution in [2.45, 2.75) is 32.3 Å². The quantitative estimate of drug-likeness (QED) is 0.505. The van der Waals surface area contributed by atoms with Gasteiger partial charge in [-0.3, -0.25) is 10.1 Å². The van der Waals surface area contributed by atoms with Crippen LogP contribution in [0.2, 0.25) is 0 Å². The van der Waals surface area contributed by atoms with E-state index in [1.165, 1.54) is 0 Å². The largest absolute Gasteiger partial charge is 0.543 e. The van der Waals surface area contributed by atoms with Gasteiger partial charge in [-0.1, -0.05) is 44.2 Å². The van der Waals surface area contributed by atoms with Crippen molar-refractivity contribution >= 4 is 19.9 Å². The minimum atomic E-state index is -2.97. The average Bonchev–Trinajstić information content (AvgIpc) is 2.49. The Morgan fingerprint density at radius 3 is 2.41 bits per heavy atom. The molecule has 3 atom stereocenters. The predicted octanol–water partition coefficient (Wildman–Crippen LogP) is 0.890. The van der Waals surface area contributed by atoms with E-state index in [2.05, 4.69) is 5.32 Å². The van der Waals surface area contributed by atoms with Crippen molar-refractivity contribution in [3.05, 3.63) is 35.9 Å². The summed E-state index contributed by atoms with van der Waals surface area (Å²) in [6, 6.07) is 7.97. The molecule has 1 rings (SSSR count). The van der Waals surface area contributed by atoms with Crippen molar-refractivity contribution in [1.29, 1.82) is 0 Å². The van der Waals surface area contributed by atoms with Gasteiger partial charge in [0.25, 0.3) is 0 Å². The molecule has 0 aliphatic carbocycles. The summed E-state index contributed by atoms with van der Waals surface area (Å²) in [6.45, 7) is 3.41. The van der Waals surface area contributed by atoms with Crippen LogP contribution in [0.3, 0.4) is 0 Å². The molecule has 0 aliphatic heterocycles. The summed E-state index contributed by atoms with van der Waals surface area (Å²) < 4.78 is 16.2. The Morgan fingerprint density at radius 2 is 1.91 bits per heavy atom. The third-order valence-electron chi connectivity index (χ3n) is 2.97. The molecule has 0 bridgehead atoms. The standard InChI is InChI=1S/C14H19N2O5P/c1-9(2)11(15)12(17)16-13(22(19)20)14(18)21-8-10-6-4-3-5-7-10/h3-7,9,11,13H,8,15H2,1-2H3,(H-,16,17,19,20)/p+1/t11-,13?/m0/s1. The highest BCUT2D eigenvalue weighted by molar-refractivity contribution is 7.40. The lowest BCUT2D eigenvalue weighted by atomic mass is 10.1. The van der Waals surface area contributed by atoms with Crippen LogP contribution in [0.5, 0.6) is 0 Å². The highest BCUT2D eigenvalue weighted by atomic mass is 31.1. The molecule has 22 heavy (non-hydrogen) atoms. The molecule has 2 unspecified atom stereocenters. The van der Waals surface area contributed by atoms with Gasteiger partial charge in [-0.05, 0) is 16.0 Å². The lowest BCUT2D eigenvalue weighted by Gasteiger charge is -2.15. The Labute approximate surface area is 129 Å². The van der Waals surface area contributed by atoms with Gasteiger partial charge in [-0.2, -0.15) is 4.89 Å². The lowest BCUT2D eigenvalue weighted by Crippen LogP contribution is -2.49. The monoisotopic (exact) mass is 327 g/mol. The SMILES string of the molecule is CC(C)[C@H](N)C(=O)NC(C(=O)OCc1ccccc1)[P+](=O)O. The fourth-order valence-corrected chi connectivity index (χ4v) is 2.04. The van der Waals surface area contributed by atoms with Crippen LogP contribution < -0.4 is 11.1 Å². The maximum atomic E-state index is 11.9. The number of benzene rings is 1. The van der Waals surface area contributed by atoms with E-state index in [-0.39, 0.29) is 12.5 Å². The lowest BCUT2D eigenvalue weighted by molar-refractivity contribution is -0.146. The zero-order valence-electron chi connectivity index (χ0n) is 12.4. The molecule has 7 nitrogen and oxygen atoms in total. The number of amides is 1. The van der Waals surface area contributed by atoms with E-state index in [0.717, 1.165) is 5.56 Å². The maximum absolute atomic E-state index is 11.9. The van der Waals surface area contributed by atoms with Gasteiger partial charge in [-0.25, -0.2) is 4.79 Å². The van der Waals surface area contributed by atoms with Gasteiger partial charge in [0.05, 0.1) is 6.04 Å². The summed E-state index contributed by atoms with van der Waals surface area (Å²) in [5, 5.41) is 2.16. The molecule has 0 aromatic heterocycles. The Balaban J connectivity index is 2.64. The Bertz CT molecular complexity index is 535. The zero-order chi connectivity index (χ0) is 16.7. The van der Waals surface area contributed by atoms with Gasteiger partial charge in [0.2, 0.25) is 5.91 Å². The number of carbonyl (C=O) groups excluding carboxylic acids is 2. The first kappa shape index (κ1) is 18.2. The van der Waals surface area contributed by atoms with Crippen molar-refractivity contribution in [2.75, 3.05) is 0 Å². The number of carbonyl (C=O) groups is 2. The van der Waals surface area contributed by atoms with E-state index in [1.807, 2.05) is 6.07 Å². The molecular weight excluding hydrogens is 307 g/mol. The molecule has 1 aromatic carbocycles. The minimum absolute atomic E-state index is 0.0501. The second-order valence-corrected chi connectivity index (χ2v) is 6.20. The van der Waals surface area contributed by atoms with Crippen molar-refractivity contribution in [1.82, 2.24) is 5.32 Å². The van der Waals surface area contributed by atoms with E-state index in [4.69, 9.17) is 10.5 Å². The molecule has 0 radical (unpaired) electrons. The first-order valence-electron chi connectivity index (χ1n) is 6.74. The van der Waals surface area contributed by atoms with Crippen LogP contribution in [0, 0.1) is 5.92 Å². The molecule has 0 spiro atoms. The molecule has 120 valence electrons. The molecule has 0 saturated carbocycles. The highest BCUT2D eigenvalue weighted by Gasteiger charge is 2.41. The number of rotatable bonds is 7. The molecule has 1 aromatic rings. The molecule has 0 saturated heterocycles. The first-order chi connectivity index (χ1) is 10.3. The van der Waals surface area contributed by atoms with Gasteiger partial charge in [0.1, 0.15) is 6.61 Å². The smallest absolute Gasteiger partial charge is 0.456 e. The summed E-state index contributed by atoms with van der Waals surface area (Å²) in [4.78, 5) is 32.9. The molecule has 0 heterocycles. The third kappa shape index (κ3) is 5.52. The summed E-state index contributed by atoms with van der Waals surface area (Å²) in [5.74, 6) is -3.44. The van der Waals surface area contributed by atoms with Crippen LogP contribution in [0.4, 0.5) is 0 Å². The Hall–Kier alpha value is -1.82. The second kappa shape index (κ2) is 8.58. The Kier molecular flexibility index (Phi) is 7.11. The van der Waals surface area contributed by atoms with Crippen LogP contribution in [0.15, 0.2) is 30.3 Å². The number of hydrogen-bond acceptors (Lipinski definition) is 5. The molecule has 1 amide bonds. The van der Waals surface area contributed by atoms with Crippen molar-refractivity contribution < 1.29 is 23.8 Å². The van der Waals surface area contributed by atoms with Crippen LogP contribution >= 0.6 is 8.03 Å². The molecular formula is C14H20N2O5P+. The summed E-state index contributed by atoms with van der Waals surface area (Å²) >= 11 is 0. The second-order valence-electron chi connectivity index (χ2n) is 5.08. The number of nitrogens with one attached hydrogen (secondary N) is 1. The number of hydrogen-bond donors (Lipinski definition) is 3. The zero-order valence-corrected chi connectivity index (χ0v) is 13.3. The van der Waals surface area contributed by atoms with Gasteiger partial charge in [-0.15, -0.1) is 0 Å². The van der Waals surface area contributed by atoms with Crippen LogP contribution in [0.1, 0.15) is 19.4 Å². The summed E-state index contributed by atoms with van der Waals surface area (Å²) in [7, 11) is -2.97. The molecule has 8 heteroatoms. The minimum Gasteiger partial charge on any atom is -0.456 e. The van der Waals surface area contributed by atoms with E-state index in [1.54, 1.807) is 38.1 Å².